The molecular weight excluding hydrogens is 274 g/mol. The first-order valence-electron chi connectivity index (χ1n) is 7.07. The third-order valence-corrected chi connectivity index (χ3v) is 3.87. The van der Waals surface area contributed by atoms with Crippen LogP contribution in [0, 0.1) is 0 Å². The highest BCUT2D eigenvalue weighted by molar-refractivity contribution is 6.30. The van der Waals surface area contributed by atoms with E-state index in [2.05, 4.69) is 24.1 Å². The van der Waals surface area contributed by atoms with Gasteiger partial charge in [0.2, 0.25) is 5.91 Å². The van der Waals surface area contributed by atoms with Gasteiger partial charge in [0, 0.05) is 29.8 Å². The molecule has 0 bridgehead atoms. The van der Waals surface area contributed by atoms with E-state index in [1.54, 1.807) is 0 Å². The second-order valence-corrected chi connectivity index (χ2v) is 6.00. The smallest absolute Gasteiger partial charge is 0.240 e. The Morgan fingerprint density at radius 1 is 1.55 bits per heavy atom. The number of nitrogens with two attached hydrogens (primary N) is 1. The van der Waals surface area contributed by atoms with Crippen molar-refractivity contribution in [3.63, 3.8) is 0 Å². The van der Waals surface area contributed by atoms with E-state index in [9.17, 15) is 4.79 Å². The average molecular weight is 296 g/mol. The molecule has 110 valence electrons. The highest BCUT2D eigenvalue weighted by atomic mass is 35.5. The molecule has 1 atom stereocenters. The summed E-state index contributed by atoms with van der Waals surface area (Å²) in [5.74, 6) is -0.250. The van der Waals surface area contributed by atoms with Crippen molar-refractivity contribution in [2.24, 2.45) is 5.73 Å². The summed E-state index contributed by atoms with van der Waals surface area (Å²) in [6.07, 6.45) is 1.82. The number of anilines is 1. The number of hydrogen-bond acceptors (Lipinski definition) is 3. The molecule has 3 N–H and O–H groups in total. The summed E-state index contributed by atoms with van der Waals surface area (Å²) in [5, 5.41) is 4.11. The minimum atomic E-state index is -0.250. The number of rotatable bonds is 5. The summed E-state index contributed by atoms with van der Waals surface area (Å²) in [7, 11) is 0. The van der Waals surface area contributed by atoms with Crippen LogP contribution in [0.4, 0.5) is 5.69 Å². The zero-order valence-electron chi connectivity index (χ0n) is 12.0. The van der Waals surface area contributed by atoms with Crippen LogP contribution in [-0.2, 0) is 11.3 Å². The van der Waals surface area contributed by atoms with Crippen LogP contribution >= 0.6 is 11.6 Å². The molecular formula is C15H22ClN3O. The SMILES string of the molecule is CC(C)NCc1cc(Cl)ccc1N1CCCC1C(N)=O. The van der Waals surface area contributed by atoms with Gasteiger partial charge in [0.05, 0.1) is 0 Å². The van der Waals surface area contributed by atoms with Gasteiger partial charge in [0.15, 0.2) is 0 Å². The Hall–Kier alpha value is -1.26. The van der Waals surface area contributed by atoms with E-state index in [0.717, 1.165) is 37.2 Å². The molecule has 1 fully saturated rings. The third-order valence-electron chi connectivity index (χ3n) is 3.63. The first-order chi connectivity index (χ1) is 9.49. The van der Waals surface area contributed by atoms with Gasteiger partial charge in [-0.2, -0.15) is 0 Å². The molecule has 0 spiro atoms. The molecule has 4 nitrogen and oxygen atoms in total. The molecule has 0 aromatic heterocycles. The quantitative estimate of drug-likeness (QED) is 0.876. The predicted molar refractivity (Wildman–Crippen MR) is 83.0 cm³/mol. The standard InChI is InChI=1S/C15H22ClN3O/c1-10(2)18-9-11-8-12(16)5-6-13(11)19-7-3-4-14(19)15(17)20/h5-6,8,10,14,18H,3-4,7,9H2,1-2H3,(H2,17,20). The summed E-state index contributed by atoms with van der Waals surface area (Å²) in [5.41, 5.74) is 7.67. The number of amides is 1. The summed E-state index contributed by atoms with van der Waals surface area (Å²) in [6.45, 7) is 5.80. The van der Waals surface area contributed by atoms with Gasteiger partial charge >= 0.3 is 0 Å². The Balaban J connectivity index is 2.27. The summed E-state index contributed by atoms with van der Waals surface area (Å²) in [4.78, 5) is 13.7. The molecule has 0 aliphatic carbocycles. The maximum absolute atomic E-state index is 11.6. The summed E-state index contributed by atoms with van der Waals surface area (Å²) in [6, 6.07) is 6.01. The van der Waals surface area contributed by atoms with Gasteiger partial charge in [0.25, 0.3) is 0 Å². The van der Waals surface area contributed by atoms with Crippen molar-refractivity contribution in [2.45, 2.75) is 45.3 Å². The van der Waals surface area contributed by atoms with Crippen molar-refractivity contribution < 1.29 is 4.79 Å². The molecule has 1 unspecified atom stereocenters. The number of primary amides is 1. The highest BCUT2D eigenvalue weighted by Gasteiger charge is 2.30. The molecule has 1 saturated heterocycles. The Labute approximate surface area is 125 Å². The monoisotopic (exact) mass is 295 g/mol. The Kier molecular flexibility index (Phi) is 4.89. The number of benzene rings is 1. The van der Waals surface area contributed by atoms with Crippen molar-refractivity contribution in [3.05, 3.63) is 28.8 Å². The molecule has 5 heteroatoms. The van der Waals surface area contributed by atoms with E-state index in [1.807, 2.05) is 18.2 Å². The average Bonchev–Trinajstić information content (AvgIpc) is 2.85. The van der Waals surface area contributed by atoms with E-state index in [1.165, 1.54) is 0 Å². The van der Waals surface area contributed by atoms with Crippen LogP contribution in [0.1, 0.15) is 32.3 Å². The highest BCUT2D eigenvalue weighted by Crippen LogP contribution is 2.30. The van der Waals surface area contributed by atoms with Crippen molar-refractivity contribution in [3.8, 4) is 0 Å². The van der Waals surface area contributed by atoms with Crippen LogP contribution < -0.4 is 16.0 Å². The van der Waals surface area contributed by atoms with Gasteiger partial charge in [-0.15, -0.1) is 0 Å². The first-order valence-corrected chi connectivity index (χ1v) is 7.44. The fourth-order valence-corrected chi connectivity index (χ4v) is 2.84. The van der Waals surface area contributed by atoms with E-state index in [0.29, 0.717) is 11.1 Å². The van der Waals surface area contributed by atoms with E-state index in [4.69, 9.17) is 17.3 Å². The first kappa shape index (κ1) is 15.1. The van der Waals surface area contributed by atoms with Crippen molar-refractivity contribution in [2.75, 3.05) is 11.4 Å². The number of nitrogens with one attached hydrogen (secondary N) is 1. The number of carbonyl (C=O) groups excluding carboxylic acids is 1. The van der Waals surface area contributed by atoms with Gasteiger partial charge in [-0.05, 0) is 36.6 Å². The molecule has 1 aromatic carbocycles. The molecule has 0 radical (unpaired) electrons. The normalized spacial score (nSPS) is 18.8. The lowest BCUT2D eigenvalue weighted by atomic mass is 10.1. The summed E-state index contributed by atoms with van der Waals surface area (Å²) >= 11 is 6.10. The third kappa shape index (κ3) is 3.44. The fraction of sp³-hybridized carbons (Fsp3) is 0.533. The lowest BCUT2D eigenvalue weighted by Crippen LogP contribution is -2.41. The second-order valence-electron chi connectivity index (χ2n) is 5.56. The van der Waals surface area contributed by atoms with E-state index in [-0.39, 0.29) is 11.9 Å². The van der Waals surface area contributed by atoms with Crippen molar-refractivity contribution in [1.29, 1.82) is 0 Å². The number of halogens is 1. The Morgan fingerprint density at radius 2 is 2.30 bits per heavy atom. The lowest BCUT2D eigenvalue weighted by molar-refractivity contribution is -0.119. The largest absolute Gasteiger partial charge is 0.368 e. The molecule has 1 aliphatic rings. The maximum Gasteiger partial charge on any atom is 0.240 e. The molecule has 0 saturated carbocycles. The number of nitrogens with zero attached hydrogens (tertiary/aromatic N) is 1. The van der Waals surface area contributed by atoms with Crippen LogP contribution in [0.2, 0.25) is 5.02 Å². The van der Waals surface area contributed by atoms with Gasteiger partial charge in [-0.3, -0.25) is 4.79 Å². The van der Waals surface area contributed by atoms with E-state index >= 15 is 0 Å². The maximum atomic E-state index is 11.6. The van der Waals surface area contributed by atoms with Gasteiger partial charge in [-0.1, -0.05) is 25.4 Å². The minimum absolute atomic E-state index is 0.200. The van der Waals surface area contributed by atoms with Gasteiger partial charge < -0.3 is 16.0 Å². The van der Waals surface area contributed by atoms with Crippen LogP contribution in [0.5, 0.6) is 0 Å². The summed E-state index contributed by atoms with van der Waals surface area (Å²) < 4.78 is 0. The zero-order chi connectivity index (χ0) is 14.7. The van der Waals surface area contributed by atoms with Gasteiger partial charge in [-0.25, -0.2) is 0 Å². The minimum Gasteiger partial charge on any atom is -0.368 e. The topological polar surface area (TPSA) is 58.4 Å². The van der Waals surface area contributed by atoms with Gasteiger partial charge in [0.1, 0.15) is 6.04 Å². The van der Waals surface area contributed by atoms with Crippen LogP contribution in [0.3, 0.4) is 0 Å². The van der Waals surface area contributed by atoms with Crippen LogP contribution in [-0.4, -0.2) is 24.5 Å². The zero-order valence-corrected chi connectivity index (χ0v) is 12.8. The lowest BCUT2D eigenvalue weighted by Gasteiger charge is -2.27. The Bertz CT molecular complexity index is 490. The number of carbonyl (C=O) groups is 1. The molecule has 20 heavy (non-hydrogen) atoms. The van der Waals surface area contributed by atoms with Crippen LogP contribution in [0.15, 0.2) is 18.2 Å². The fourth-order valence-electron chi connectivity index (χ4n) is 2.64. The van der Waals surface area contributed by atoms with Crippen molar-refractivity contribution in [1.82, 2.24) is 5.32 Å². The van der Waals surface area contributed by atoms with Crippen LogP contribution in [0.25, 0.3) is 0 Å². The predicted octanol–water partition coefficient (Wildman–Crippen LogP) is 2.29. The second kappa shape index (κ2) is 6.46. The van der Waals surface area contributed by atoms with Crippen molar-refractivity contribution >= 4 is 23.2 Å². The molecule has 1 heterocycles. The van der Waals surface area contributed by atoms with E-state index < -0.39 is 0 Å². The molecule has 1 amide bonds. The molecule has 1 aromatic rings. The molecule has 1 aliphatic heterocycles. The Morgan fingerprint density at radius 3 is 2.95 bits per heavy atom. The molecule has 2 rings (SSSR count). The number of hydrogen-bond donors (Lipinski definition) is 2.